The van der Waals surface area contributed by atoms with Crippen LogP contribution in [0, 0.1) is 12.7 Å². The van der Waals surface area contributed by atoms with Gasteiger partial charge in [-0.2, -0.15) is 0 Å². The molecule has 0 fully saturated rings. The SMILES string of the molecule is COC(COc1ccc(C)c(F)c1)OC. The number of halogens is 1. The van der Waals surface area contributed by atoms with Gasteiger partial charge in [-0.15, -0.1) is 0 Å². The molecule has 0 N–H and O–H groups in total. The third-order valence-electron chi connectivity index (χ3n) is 2.06. The molecule has 4 heteroatoms. The Balaban J connectivity index is 2.54. The molecule has 0 bridgehead atoms. The van der Waals surface area contributed by atoms with Crippen molar-refractivity contribution in [3.8, 4) is 5.75 Å². The highest BCUT2D eigenvalue weighted by molar-refractivity contribution is 5.27. The minimum Gasteiger partial charge on any atom is -0.488 e. The van der Waals surface area contributed by atoms with Crippen LogP contribution < -0.4 is 4.74 Å². The second kappa shape index (κ2) is 5.68. The van der Waals surface area contributed by atoms with Gasteiger partial charge in [-0.25, -0.2) is 4.39 Å². The topological polar surface area (TPSA) is 27.7 Å². The molecule has 1 rings (SSSR count). The number of aryl methyl sites for hydroxylation is 1. The molecule has 15 heavy (non-hydrogen) atoms. The molecule has 0 saturated carbocycles. The van der Waals surface area contributed by atoms with E-state index in [1.807, 2.05) is 0 Å². The molecule has 0 amide bonds. The molecule has 0 saturated heterocycles. The summed E-state index contributed by atoms with van der Waals surface area (Å²) in [6.07, 6.45) is -0.436. The molecule has 0 spiro atoms. The van der Waals surface area contributed by atoms with Crippen molar-refractivity contribution in [3.63, 3.8) is 0 Å². The van der Waals surface area contributed by atoms with E-state index in [0.717, 1.165) is 0 Å². The van der Waals surface area contributed by atoms with E-state index in [-0.39, 0.29) is 12.4 Å². The predicted molar refractivity (Wildman–Crippen MR) is 54.4 cm³/mol. The summed E-state index contributed by atoms with van der Waals surface area (Å²) in [5.74, 6) is 0.191. The van der Waals surface area contributed by atoms with Crippen LogP contribution in [0.15, 0.2) is 18.2 Å². The van der Waals surface area contributed by atoms with E-state index >= 15 is 0 Å². The molecule has 0 aliphatic heterocycles. The highest BCUT2D eigenvalue weighted by Gasteiger charge is 2.06. The molecule has 1 aromatic rings. The Morgan fingerprint density at radius 2 is 1.93 bits per heavy atom. The minimum atomic E-state index is -0.436. The number of hydrogen-bond donors (Lipinski definition) is 0. The Kier molecular flexibility index (Phi) is 4.52. The Morgan fingerprint density at radius 3 is 2.47 bits per heavy atom. The maximum Gasteiger partial charge on any atom is 0.191 e. The van der Waals surface area contributed by atoms with Gasteiger partial charge in [-0.05, 0) is 18.6 Å². The molecule has 1 aromatic carbocycles. The number of hydrogen-bond acceptors (Lipinski definition) is 3. The minimum absolute atomic E-state index is 0.232. The third-order valence-corrected chi connectivity index (χ3v) is 2.06. The lowest BCUT2D eigenvalue weighted by molar-refractivity contribution is -0.122. The van der Waals surface area contributed by atoms with Crippen molar-refractivity contribution in [2.75, 3.05) is 20.8 Å². The van der Waals surface area contributed by atoms with Crippen LogP contribution in [0.5, 0.6) is 5.75 Å². The summed E-state index contributed by atoms with van der Waals surface area (Å²) >= 11 is 0. The highest BCUT2D eigenvalue weighted by atomic mass is 19.1. The summed E-state index contributed by atoms with van der Waals surface area (Å²) in [6, 6.07) is 4.72. The summed E-state index contributed by atoms with van der Waals surface area (Å²) in [4.78, 5) is 0. The van der Waals surface area contributed by atoms with Crippen molar-refractivity contribution in [3.05, 3.63) is 29.6 Å². The Bertz CT molecular complexity index is 311. The van der Waals surface area contributed by atoms with Crippen molar-refractivity contribution in [2.24, 2.45) is 0 Å². The molecule has 3 nitrogen and oxygen atoms in total. The molecule has 0 heterocycles. The molecule has 0 atom stereocenters. The number of rotatable bonds is 5. The zero-order valence-electron chi connectivity index (χ0n) is 9.12. The van der Waals surface area contributed by atoms with E-state index in [1.165, 1.54) is 20.3 Å². The van der Waals surface area contributed by atoms with Gasteiger partial charge in [0.25, 0.3) is 0 Å². The quantitative estimate of drug-likeness (QED) is 0.703. The van der Waals surface area contributed by atoms with Crippen molar-refractivity contribution >= 4 is 0 Å². The second-order valence-electron chi connectivity index (χ2n) is 3.12. The smallest absolute Gasteiger partial charge is 0.191 e. The maximum atomic E-state index is 13.1. The third kappa shape index (κ3) is 3.49. The number of benzene rings is 1. The largest absolute Gasteiger partial charge is 0.488 e. The average molecular weight is 214 g/mol. The lowest BCUT2D eigenvalue weighted by Gasteiger charge is -2.14. The predicted octanol–water partition coefficient (Wildman–Crippen LogP) is 2.13. The summed E-state index contributed by atoms with van der Waals surface area (Å²) in [7, 11) is 3.04. The van der Waals surface area contributed by atoms with Crippen LogP contribution in [0.1, 0.15) is 5.56 Å². The molecule has 0 aliphatic rings. The lowest BCUT2D eigenvalue weighted by atomic mass is 10.2. The van der Waals surface area contributed by atoms with Gasteiger partial charge in [0.15, 0.2) is 6.29 Å². The maximum absolute atomic E-state index is 13.1. The van der Waals surface area contributed by atoms with Crippen LogP contribution in [0.4, 0.5) is 4.39 Å². The standard InChI is InChI=1S/C11H15FO3/c1-8-4-5-9(6-10(8)12)15-7-11(13-2)14-3/h4-6,11H,7H2,1-3H3. The second-order valence-corrected chi connectivity index (χ2v) is 3.12. The summed E-state index contributed by atoms with van der Waals surface area (Å²) in [5, 5.41) is 0. The van der Waals surface area contributed by atoms with Gasteiger partial charge in [0.2, 0.25) is 0 Å². The van der Waals surface area contributed by atoms with Crippen molar-refractivity contribution in [1.82, 2.24) is 0 Å². The average Bonchev–Trinajstić information content (AvgIpc) is 2.24. The Morgan fingerprint density at radius 1 is 1.27 bits per heavy atom. The van der Waals surface area contributed by atoms with Gasteiger partial charge in [0.05, 0.1) is 0 Å². The fraction of sp³-hybridized carbons (Fsp3) is 0.455. The number of ether oxygens (including phenoxy) is 3. The van der Waals surface area contributed by atoms with E-state index in [0.29, 0.717) is 11.3 Å². The van der Waals surface area contributed by atoms with Crippen molar-refractivity contribution in [1.29, 1.82) is 0 Å². The summed E-state index contributed by atoms with van der Waals surface area (Å²) in [5.41, 5.74) is 0.595. The van der Waals surface area contributed by atoms with Gasteiger partial charge in [0, 0.05) is 20.3 Å². The molecule has 84 valence electrons. The molecule has 0 radical (unpaired) electrons. The van der Waals surface area contributed by atoms with E-state index in [1.54, 1.807) is 19.1 Å². The molecule has 0 aromatic heterocycles. The van der Waals surface area contributed by atoms with Gasteiger partial charge >= 0.3 is 0 Å². The zero-order chi connectivity index (χ0) is 11.3. The zero-order valence-corrected chi connectivity index (χ0v) is 9.12. The van der Waals surface area contributed by atoms with Crippen molar-refractivity contribution < 1.29 is 18.6 Å². The Hall–Kier alpha value is -1.13. The highest BCUT2D eigenvalue weighted by Crippen LogP contribution is 2.16. The first-order chi connectivity index (χ1) is 7.17. The van der Waals surface area contributed by atoms with E-state index in [4.69, 9.17) is 14.2 Å². The lowest BCUT2D eigenvalue weighted by Crippen LogP contribution is -2.22. The molecular weight excluding hydrogens is 199 g/mol. The van der Waals surface area contributed by atoms with Gasteiger partial charge in [-0.1, -0.05) is 6.07 Å². The van der Waals surface area contributed by atoms with Crippen LogP contribution in [0.2, 0.25) is 0 Å². The van der Waals surface area contributed by atoms with Crippen LogP contribution in [-0.2, 0) is 9.47 Å². The van der Waals surface area contributed by atoms with E-state index in [2.05, 4.69) is 0 Å². The van der Waals surface area contributed by atoms with Crippen LogP contribution in [-0.4, -0.2) is 27.1 Å². The van der Waals surface area contributed by atoms with Crippen LogP contribution in [0.3, 0.4) is 0 Å². The fourth-order valence-corrected chi connectivity index (χ4v) is 1.06. The van der Waals surface area contributed by atoms with Crippen molar-refractivity contribution in [2.45, 2.75) is 13.2 Å². The first-order valence-corrected chi connectivity index (χ1v) is 4.62. The summed E-state index contributed by atoms with van der Waals surface area (Å²) in [6.45, 7) is 1.93. The molecular formula is C11H15FO3. The van der Waals surface area contributed by atoms with E-state index < -0.39 is 6.29 Å². The first-order valence-electron chi connectivity index (χ1n) is 4.62. The van der Waals surface area contributed by atoms with E-state index in [9.17, 15) is 4.39 Å². The van der Waals surface area contributed by atoms with Crippen LogP contribution >= 0.6 is 0 Å². The van der Waals surface area contributed by atoms with Gasteiger partial charge in [-0.3, -0.25) is 0 Å². The normalized spacial score (nSPS) is 10.7. The molecule has 0 aliphatic carbocycles. The monoisotopic (exact) mass is 214 g/mol. The number of methoxy groups -OCH3 is 2. The fourth-order valence-electron chi connectivity index (χ4n) is 1.06. The van der Waals surface area contributed by atoms with Gasteiger partial charge in [0.1, 0.15) is 18.2 Å². The van der Waals surface area contributed by atoms with Gasteiger partial charge < -0.3 is 14.2 Å². The van der Waals surface area contributed by atoms with Crippen LogP contribution in [0.25, 0.3) is 0 Å². The molecule has 0 unspecified atom stereocenters. The summed E-state index contributed by atoms with van der Waals surface area (Å²) < 4.78 is 28.3. The Labute approximate surface area is 88.8 Å². The first kappa shape index (κ1) is 11.9.